The maximum Gasteiger partial charge on any atom is 0.333 e. The second-order valence-electron chi connectivity index (χ2n) is 4.02. The first kappa shape index (κ1) is 12.5. The number of fused-ring (bicyclic) bond motifs is 1. The molecule has 0 aromatic heterocycles. The Labute approximate surface area is 99.7 Å². The van der Waals surface area contributed by atoms with Crippen molar-refractivity contribution < 1.29 is 26.9 Å². The van der Waals surface area contributed by atoms with E-state index in [1.54, 1.807) is 13.0 Å². The number of rotatable bonds is 4. The molecule has 1 saturated heterocycles. The van der Waals surface area contributed by atoms with Crippen LogP contribution in [0.1, 0.15) is 13.3 Å². The third kappa shape index (κ3) is 3.05. The molecule has 0 bridgehead atoms. The summed E-state index contributed by atoms with van der Waals surface area (Å²) in [5, 5.41) is 0. The van der Waals surface area contributed by atoms with Crippen LogP contribution in [0.4, 0.5) is 0 Å². The summed E-state index contributed by atoms with van der Waals surface area (Å²) in [4.78, 5) is 11.5. The Morgan fingerprint density at radius 2 is 2.29 bits per heavy atom. The van der Waals surface area contributed by atoms with E-state index in [4.69, 9.17) is 13.7 Å². The lowest BCUT2D eigenvalue weighted by Gasteiger charge is -2.18. The van der Waals surface area contributed by atoms with E-state index in [1.165, 1.54) is 0 Å². The standard InChI is InChI=1S/C10H14O6S/c1-3-14-10(11)6-4-7-9(15-7)8(5-6)16-17(2,12)13/h4,7-9H,3,5H2,1-2H3/t7-,8-,9-/m1/s1. The third-order valence-corrected chi connectivity index (χ3v) is 3.15. The van der Waals surface area contributed by atoms with Crippen LogP contribution in [0.25, 0.3) is 0 Å². The molecule has 3 atom stereocenters. The summed E-state index contributed by atoms with van der Waals surface area (Å²) in [6.45, 7) is 1.99. The summed E-state index contributed by atoms with van der Waals surface area (Å²) in [6.07, 6.45) is 1.74. The fourth-order valence-electron chi connectivity index (χ4n) is 1.86. The highest BCUT2D eigenvalue weighted by Crippen LogP contribution is 2.37. The molecule has 0 spiro atoms. The first-order valence-corrected chi connectivity index (χ1v) is 7.14. The number of ether oxygens (including phenoxy) is 2. The van der Waals surface area contributed by atoms with Crippen LogP contribution in [0.2, 0.25) is 0 Å². The minimum Gasteiger partial charge on any atom is -0.463 e. The van der Waals surface area contributed by atoms with E-state index in [-0.39, 0.29) is 25.2 Å². The maximum absolute atomic E-state index is 11.5. The van der Waals surface area contributed by atoms with Crippen molar-refractivity contribution in [2.24, 2.45) is 0 Å². The van der Waals surface area contributed by atoms with Gasteiger partial charge in [0.05, 0.1) is 12.9 Å². The van der Waals surface area contributed by atoms with Gasteiger partial charge in [-0.1, -0.05) is 0 Å². The summed E-state index contributed by atoms with van der Waals surface area (Å²) in [5.41, 5.74) is 0.416. The fraction of sp³-hybridized carbons (Fsp3) is 0.700. The van der Waals surface area contributed by atoms with E-state index in [2.05, 4.69) is 0 Å². The summed E-state index contributed by atoms with van der Waals surface area (Å²) >= 11 is 0. The number of carbonyl (C=O) groups excluding carboxylic acids is 1. The lowest BCUT2D eigenvalue weighted by Crippen LogP contribution is -2.29. The van der Waals surface area contributed by atoms with Crippen LogP contribution in [-0.4, -0.2) is 45.6 Å². The average Bonchev–Trinajstić information content (AvgIpc) is 2.94. The molecule has 96 valence electrons. The van der Waals surface area contributed by atoms with Crippen LogP contribution in [0.15, 0.2) is 11.6 Å². The predicted octanol–water partition coefficient (Wildman–Crippen LogP) is -0.00820. The second kappa shape index (κ2) is 4.40. The molecule has 0 radical (unpaired) electrons. The van der Waals surface area contributed by atoms with Crippen LogP contribution in [-0.2, 0) is 28.6 Å². The highest BCUT2D eigenvalue weighted by Gasteiger charge is 2.50. The molecule has 0 saturated carbocycles. The van der Waals surface area contributed by atoms with Crippen molar-refractivity contribution in [1.29, 1.82) is 0 Å². The molecule has 0 aromatic carbocycles. The Morgan fingerprint density at radius 1 is 1.59 bits per heavy atom. The normalized spacial score (nSPS) is 31.4. The zero-order chi connectivity index (χ0) is 12.6. The number of hydrogen-bond donors (Lipinski definition) is 0. The van der Waals surface area contributed by atoms with Crippen LogP contribution < -0.4 is 0 Å². The molecule has 17 heavy (non-hydrogen) atoms. The number of epoxide rings is 1. The van der Waals surface area contributed by atoms with Gasteiger partial charge in [-0.05, 0) is 13.0 Å². The van der Waals surface area contributed by atoms with E-state index >= 15 is 0 Å². The Hall–Kier alpha value is -0.920. The molecule has 1 aliphatic carbocycles. The van der Waals surface area contributed by atoms with Crippen LogP contribution >= 0.6 is 0 Å². The largest absolute Gasteiger partial charge is 0.463 e. The number of carbonyl (C=O) groups is 1. The van der Waals surface area contributed by atoms with Crippen molar-refractivity contribution in [3.05, 3.63) is 11.6 Å². The first-order chi connectivity index (χ1) is 7.90. The minimum absolute atomic E-state index is 0.201. The van der Waals surface area contributed by atoms with Crippen molar-refractivity contribution in [2.75, 3.05) is 12.9 Å². The SMILES string of the molecule is CCOC(=O)C1=C[C@H]2O[C@H]2[C@H](OS(C)(=O)=O)C1. The zero-order valence-electron chi connectivity index (χ0n) is 9.58. The van der Waals surface area contributed by atoms with E-state index in [1.807, 2.05) is 0 Å². The number of hydrogen-bond acceptors (Lipinski definition) is 6. The summed E-state index contributed by atoms with van der Waals surface area (Å²) in [5.74, 6) is -0.441. The van der Waals surface area contributed by atoms with Crippen LogP contribution in [0.3, 0.4) is 0 Å². The maximum atomic E-state index is 11.5. The smallest absolute Gasteiger partial charge is 0.333 e. The highest BCUT2D eigenvalue weighted by atomic mass is 32.2. The third-order valence-electron chi connectivity index (χ3n) is 2.55. The van der Waals surface area contributed by atoms with Crippen molar-refractivity contribution in [1.82, 2.24) is 0 Å². The van der Waals surface area contributed by atoms with Gasteiger partial charge < -0.3 is 9.47 Å². The molecule has 2 rings (SSSR count). The van der Waals surface area contributed by atoms with Gasteiger partial charge in [0.1, 0.15) is 18.3 Å². The van der Waals surface area contributed by atoms with Crippen LogP contribution in [0.5, 0.6) is 0 Å². The van der Waals surface area contributed by atoms with Gasteiger partial charge in [0.25, 0.3) is 10.1 Å². The van der Waals surface area contributed by atoms with Crippen molar-refractivity contribution in [2.45, 2.75) is 31.7 Å². The van der Waals surface area contributed by atoms with E-state index in [0.29, 0.717) is 5.57 Å². The van der Waals surface area contributed by atoms with Gasteiger partial charge in [0.2, 0.25) is 0 Å². The lowest BCUT2D eigenvalue weighted by molar-refractivity contribution is -0.139. The minimum atomic E-state index is -3.55. The van der Waals surface area contributed by atoms with Gasteiger partial charge in [-0.15, -0.1) is 0 Å². The molecular formula is C10H14O6S. The molecule has 2 aliphatic rings. The van der Waals surface area contributed by atoms with Crippen molar-refractivity contribution in [3.63, 3.8) is 0 Å². The van der Waals surface area contributed by atoms with Crippen molar-refractivity contribution in [3.8, 4) is 0 Å². The molecule has 1 heterocycles. The molecule has 6 nitrogen and oxygen atoms in total. The molecule has 0 N–H and O–H groups in total. The average molecular weight is 262 g/mol. The van der Waals surface area contributed by atoms with Gasteiger partial charge in [0.15, 0.2) is 0 Å². The topological polar surface area (TPSA) is 82.2 Å². The van der Waals surface area contributed by atoms with Gasteiger partial charge in [-0.3, -0.25) is 4.18 Å². The molecule has 0 aromatic rings. The molecular weight excluding hydrogens is 248 g/mol. The van der Waals surface area contributed by atoms with Crippen molar-refractivity contribution >= 4 is 16.1 Å². The summed E-state index contributed by atoms with van der Waals surface area (Å²) in [7, 11) is -3.55. The molecule has 1 fully saturated rings. The van der Waals surface area contributed by atoms with Gasteiger partial charge in [0, 0.05) is 12.0 Å². The van der Waals surface area contributed by atoms with E-state index < -0.39 is 22.2 Å². The Kier molecular flexibility index (Phi) is 3.24. The molecule has 0 amide bonds. The van der Waals surface area contributed by atoms with Gasteiger partial charge in [-0.2, -0.15) is 8.42 Å². The highest BCUT2D eigenvalue weighted by molar-refractivity contribution is 7.86. The number of esters is 1. The van der Waals surface area contributed by atoms with Crippen LogP contribution in [0, 0.1) is 0 Å². The van der Waals surface area contributed by atoms with Gasteiger partial charge in [-0.25, -0.2) is 4.79 Å². The Bertz CT molecular complexity index is 451. The fourth-order valence-corrected chi connectivity index (χ4v) is 2.48. The summed E-state index contributed by atoms with van der Waals surface area (Å²) in [6, 6.07) is 0. The molecule has 0 unspecified atom stereocenters. The summed E-state index contributed by atoms with van der Waals surface area (Å²) < 4.78 is 37.1. The Balaban J connectivity index is 2.06. The quantitative estimate of drug-likeness (QED) is 0.402. The monoisotopic (exact) mass is 262 g/mol. The van der Waals surface area contributed by atoms with E-state index in [9.17, 15) is 13.2 Å². The molecule has 7 heteroatoms. The van der Waals surface area contributed by atoms with E-state index in [0.717, 1.165) is 6.26 Å². The lowest BCUT2D eigenvalue weighted by atomic mass is 9.97. The first-order valence-electron chi connectivity index (χ1n) is 5.32. The zero-order valence-corrected chi connectivity index (χ0v) is 10.4. The molecule has 1 aliphatic heterocycles. The Morgan fingerprint density at radius 3 is 2.88 bits per heavy atom. The predicted molar refractivity (Wildman–Crippen MR) is 57.7 cm³/mol. The second-order valence-corrected chi connectivity index (χ2v) is 5.62. The van der Waals surface area contributed by atoms with Gasteiger partial charge >= 0.3 is 5.97 Å².